The molecule has 19 heavy (non-hydrogen) atoms. The van der Waals surface area contributed by atoms with Crippen molar-refractivity contribution in [1.82, 2.24) is 5.32 Å². The number of benzene rings is 2. The Balaban J connectivity index is 2.13. The molecule has 0 aliphatic rings. The minimum Gasteiger partial charge on any atom is -0.345 e. The number of hydrogen-bond donors (Lipinski definition) is 1. The Morgan fingerprint density at radius 3 is 2.53 bits per heavy atom. The molecule has 0 aliphatic carbocycles. The standard InChI is InChI=1S/C16H16FNO/c1-2-15(12-7-4-3-5-8-12)18-16(19)13-9-6-10-14(17)11-13/h3-11,15H,2H2,1H3,(H,18,19)/t15-/m1/s1. The van der Waals surface area contributed by atoms with Crippen LogP contribution in [0.25, 0.3) is 0 Å². The molecule has 0 unspecified atom stereocenters. The highest BCUT2D eigenvalue weighted by atomic mass is 19.1. The molecule has 1 atom stereocenters. The molecule has 0 bridgehead atoms. The topological polar surface area (TPSA) is 29.1 Å². The molecule has 0 aliphatic heterocycles. The Morgan fingerprint density at radius 1 is 1.16 bits per heavy atom. The van der Waals surface area contributed by atoms with Gasteiger partial charge >= 0.3 is 0 Å². The first-order valence-corrected chi connectivity index (χ1v) is 6.32. The van der Waals surface area contributed by atoms with Gasteiger partial charge < -0.3 is 5.32 Å². The Hall–Kier alpha value is -2.16. The van der Waals surface area contributed by atoms with Gasteiger partial charge in [-0.15, -0.1) is 0 Å². The molecule has 2 aromatic carbocycles. The summed E-state index contributed by atoms with van der Waals surface area (Å²) < 4.78 is 13.1. The molecular weight excluding hydrogens is 241 g/mol. The van der Waals surface area contributed by atoms with Crippen molar-refractivity contribution in [1.29, 1.82) is 0 Å². The quantitative estimate of drug-likeness (QED) is 0.888. The molecule has 0 saturated carbocycles. The predicted octanol–water partition coefficient (Wildman–Crippen LogP) is 3.71. The van der Waals surface area contributed by atoms with E-state index in [1.807, 2.05) is 37.3 Å². The van der Waals surface area contributed by atoms with Crippen molar-refractivity contribution in [2.75, 3.05) is 0 Å². The summed E-state index contributed by atoms with van der Waals surface area (Å²) in [4.78, 5) is 12.1. The van der Waals surface area contributed by atoms with Gasteiger partial charge in [0.1, 0.15) is 5.82 Å². The molecule has 98 valence electrons. The van der Waals surface area contributed by atoms with Crippen LogP contribution in [0.3, 0.4) is 0 Å². The average molecular weight is 257 g/mol. The van der Waals surface area contributed by atoms with Crippen molar-refractivity contribution in [2.45, 2.75) is 19.4 Å². The smallest absolute Gasteiger partial charge is 0.251 e. The van der Waals surface area contributed by atoms with Crippen LogP contribution >= 0.6 is 0 Å². The number of rotatable bonds is 4. The average Bonchev–Trinajstić information content (AvgIpc) is 2.45. The summed E-state index contributed by atoms with van der Waals surface area (Å²) in [6.45, 7) is 2.00. The summed E-state index contributed by atoms with van der Waals surface area (Å²) in [5.74, 6) is -0.657. The van der Waals surface area contributed by atoms with Crippen LogP contribution in [0.15, 0.2) is 54.6 Å². The van der Waals surface area contributed by atoms with E-state index in [1.165, 1.54) is 18.2 Å². The van der Waals surface area contributed by atoms with E-state index in [2.05, 4.69) is 5.32 Å². The Labute approximate surface area is 112 Å². The molecule has 1 amide bonds. The second-order valence-corrected chi connectivity index (χ2v) is 4.36. The van der Waals surface area contributed by atoms with Crippen molar-refractivity contribution in [2.24, 2.45) is 0 Å². The first-order valence-electron chi connectivity index (χ1n) is 6.32. The number of carbonyl (C=O) groups excluding carboxylic acids is 1. The van der Waals surface area contributed by atoms with Crippen LogP contribution in [-0.2, 0) is 0 Å². The molecule has 2 nitrogen and oxygen atoms in total. The van der Waals surface area contributed by atoms with Gasteiger partial charge in [-0.25, -0.2) is 4.39 Å². The summed E-state index contributed by atoms with van der Waals surface area (Å²) in [7, 11) is 0. The third kappa shape index (κ3) is 3.41. The van der Waals surface area contributed by atoms with Gasteiger partial charge in [-0.2, -0.15) is 0 Å². The third-order valence-corrected chi connectivity index (χ3v) is 3.00. The zero-order valence-corrected chi connectivity index (χ0v) is 10.8. The number of nitrogens with one attached hydrogen (secondary N) is 1. The lowest BCUT2D eigenvalue weighted by molar-refractivity contribution is 0.0935. The maximum atomic E-state index is 13.1. The molecule has 0 spiro atoms. The summed E-state index contributed by atoms with van der Waals surface area (Å²) in [6.07, 6.45) is 0.783. The number of carbonyl (C=O) groups is 1. The van der Waals surface area contributed by atoms with Gasteiger partial charge in [0.2, 0.25) is 0 Å². The molecule has 0 saturated heterocycles. The van der Waals surface area contributed by atoms with Crippen LogP contribution in [0.1, 0.15) is 35.3 Å². The van der Waals surface area contributed by atoms with Gasteiger partial charge in [-0.1, -0.05) is 43.3 Å². The molecule has 0 heterocycles. The highest BCUT2D eigenvalue weighted by Gasteiger charge is 2.13. The molecule has 0 fully saturated rings. The highest BCUT2D eigenvalue weighted by molar-refractivity contribution is 5.94. The van der Waals surface area contributed by atoms with Crippen LogP contribution in [0.5, 0.6) is 0 Å². The highest BCUT2D eigenvalue weighted by Crippen LogP contribution is 2.16. The molecule has 1 N–H and O–H groups in total. The van der Waals surface area contributed by atoms with Crippen LogP contribution < -0.4 is 5.32 Å². The summed E-state index contributed by atoms with van der Waals surface area (Å²) >= 11 is 0. The van der Waals surface area contributed by atoms with E-state index in [9.17, 15) is 9.18 Å². The molecule has 2 aromatic rings. The van der Waals surface area contributed by atoms with Crippen molar-refractivity contribution in [3.05, 3.63) is 71.5 Å². The molecule has 0 radical (unpaired) electrons. The Morgan fingerprint density at radius 2 is 1.89 bits per heavy atom. The maximum absolute atomic E-state index is 13.1. The lowest BCUT2D eigenvalue weighted by Crippen LogP contribution is -2.28. The third-order valence-electron chi connectivity index (χ3n) is 3.00. The summed E-state index contributed by atoms with van der Waals surface area (Å²) in [5, 5.41) is 2.92. The largest absolute Gasteiger partial charge is 0.345 e. The first kappa shape index (κ1) is 13.3. The van der Waals surface area contributed by atoms with Gasteiger partial charge in [-0.05, 0) is 30.2 Å². The minimum absolute atomic E-state index is 0.0584. The van der Waals surface area contributed by atoms with Crippen LogP contribution in [0.2, 0.25) is 0 Å². The molecule has 3 heteroatoms. The van der Waals surface area contributed by atoms with Crippen LogP contribution in [-0.4, -0.2) is 5.91 Å². The SMILES string of the molecule is CC[C@@H](NC(=O)c1cccc(F)c1)c1ccccc1. The molecule has 0 aromatic heterocycles. The fourth-order valence-corrected chi connectivity index (χ4v) is 1.98. The van der Waals surface area contributed by atoms with Crippen LogP contribution in [0, 0.1) is 5.82 Å². The van der Waals surface area contributed by atoms with Crippen molar-refractivity contribution >= 4 is 5.91 Å². The van der Waals surface area contributed by atoms with E-state index in [0.717, 1.165) is 12.0 Å². The van der Waals surface area contributed by atoms with Crippen molar-refractivity contribution < 1.29 is 9.18 Å². The Kier molecular flexibility index (Phi) is 4.29. The normalized spacial score (nSPS) is 11.9. The van der Waals surface area contributed by atoms with E-state index in [4.69, 9.17) is 0 Å². The fourth-order valence-electron chi connectivity index (χ4n) is 1.98. The first-order chi connectivity index (χ1) is 9.20. The summed E-state index contributed by atoms with van der Waals surface area (Å²) in [6, 6.07) is 15.4. The monoisotopic (exact) mass is 257 g/mol. The lowest BCUT2D eigenvalue weighted by atomic mass is 10.0. The van der Waals surface area contributed by atoms with E-state index in [0.29, 0.717) is 5.56 Å². The van der Waals surface area contributed by atoms with E-state index in [-0.39, 0.29) is 11.9 Å². The van der Waals surface area contributed by atoms with Crippen molar-refractivity contribution in [3.8, 4) is 0 Å². The molecular formula is C16H16FNO. The van der Waals surface area contributed by atoms with E-state index < -0.39 is 5.82 Å². The van der Waals surface area contributed by atoms with Gasteiger partial charge in [0.05, 0.1) is 6.04 Å². The molecule has 2 rings (SSSR count). The number of hydrogen-bond acceptors (Lipinski definition) is 1. The lowest BCUT2D eigenvalue weighted by Gasteiger charge is -2.17. The predicted molar refractivity (Wildman–Crippen MR) is 73.3 cm³/mol. The van der Waals surface area contributed by atoms with Gasteiger partial charge in [0.25, 0.3) is 5.91 Å². The van der Waals surface area contributed by atoms with Gasteiger partial charge in [0, 0.05) is 5.56 Å². The number of halogens is 1. The zero-order valence-electron chi connectivity index (χ0n) is 10.8. The minimum atomic E-state index is -0.402. The van der Waals surface area contributed by atoms with Gasteiger partial charge in [0.15, 0.2) is 0 Å². The van der Waals surface area contributed by atoms with Crippen LogP contribution in [0.4, 0.5) is 4.39 Å². The van der Waals surface area contributed by atoms with E-state index in [1.54, 1.807) is 6.07 Å². The second kappa shape index (κ2) is 6.14. The zero-order chi connectivity index (χ0) is 13.7. The second-order valence-electron chi connectivity index (χ2n) is 4.36. The summed E-state index contributed by atoms with van der Waals surface area (Å²) in [5.41, 5.74) is 1.39. The maximum Gasteiger partial charge on any atom is 0.251 e. The van der Waals surface area contributed by atoms with E-state index >= 15 is 0 Å². The fraction of sp³-hybridized carbons (Fsp3) is 0.188. The van der Waals surface area contributed by atoms with Gasteiger partial charge in [-0.3, -0.25) is 4.79 Å². The van der Waals surface area contributed by atoms with Crippen molar-refractivity contribution in [3.63, 3.8) is 0 Å². The Bertz CT molecular complexity index is 554. The number of amides is 1.